The molecule has 0 spiro atoms. The van der Waals surface area contributed by atoms with Gasteiger partial charge >= 0.3 is 5.97 Å². The molecule has 0 aliphatic carbocycles. The molecule has 0 aromatic rings. The summed E-state index contributed by atoms with van der Waals surface area (Å²) in [5.74, 6) is -1.86. The van der Waals surface area contributed by atoms with Crippen LogP contribution in [-0.2, 0) is 19.1 Å². The number of methoxy groups -OCH3 is 1. The molecular formula is C8H10ClNO5S. The van der Waals surface area contributed by atoms with Crippen LogP contribution in [0.3, 0.4) is 0 Å². The van der Waals surface area contributed by atoms with Crippen molar-refractivity contribution in [2.45, 2.75) is 23.9 Å². The van der Waals surface area contributed by atoms with E-state index in [0.29, 0.717) is 0 Å². The molecular weight excluding hydrogens is 258 g/mol. The largest absolute Gasteiger partial charge is 0.479 e. The molecule has 0 radical (unpaired) electrons. The van der Waals surface area contributed by atoms with E-state index in [1.54, 1.807) is 0 Å². The molecule has 0 aromatic carbocycles. The zero-order valence-corrected chi connectivity index (χ0v) is 10.1. The summed E-state index contributed by atoms with van der Waals surface area (Å²) in [5.41, 5.74) is -1.48. The number of thioether (sulfide) groups is 1. The third kappa shape index (κ3) is 2.31. The molecule has 0 bridgehead atoms. The number of alkyl halides is 1. The van der Waals surface area contributed by atoms with Gasteiger partial charge in [0.1, 0.15) is 5.37 Å². The number of hydrogen-bond donors (Lipinski definition) is 1. The van der Waals surface area contributed by atoms with Crippen molar-refractivity contribution in [3.63, 3.8) is 0 Å². The van der Waals surface area contributed by atoms with E-state index in [1.807, 2.05) is 0 Å². The number of β-lactam (4-membered cyclic amide) rings is 1. The zero-order chi connectivity index (χ0) is 12.5. The first-order chi connectivity index (χ1) is 7.40. The smallest absolute Gasteiger partial charge is 0.342 e. The van der Waals surface area contributed by atoms with Crippen LogP contribution in [0.1, 0.15) is 6.92 Å². The Balaban J connectivity index is 2.79. The Labute approximate surface area is 101 Å². The van der Waals surface area contributed by atoms with Gasteiger partial charge in [-0.2, -0.15) is 0 Å². The van der Waals surface area contributed by atoms with E-state index in [2.05, 4.69) is 0 Å². The molecule has 1 aliphatic rings. The zero-order valence-electron chi connectivity index (χ0n) is 8.55. The molecule has 1 amide bonds. The Bertz CT molecular complexity index is 336. The second-order valence-corrected chi connectivity index (χ2v) is 4.78. The molecule has 16 heavy (non-hydrogen) atoms. The number of carbonyl (C=O) groups is 3. The quantitative estimate of drug-likeness (QED) is 0.442. The van der Waals surface area contributed by atoms with Gasteiger partial charge in [0.25, 0.3) is 5.91 Å². The predicted molar refractivity (Wildman–Crippen MR) is 57.0 cm³/mol. The predicted octanol–water partition coefficient (Wildman–Crippen LogP) is 0.0989. The summed E-state index contributed by atoms with van der Waals surface area (Å²) in [4.78, 5) is 34.0. The molecule has 6 nitrogen and oxygen atoms in total. The number of rotatable bonds is 4. The number of halogens is 1. The molecule has 1 saturated heterocycles. The van der Waals surface area contributed by atoms with E-state index in [9.17, 15) is 14.4 Å². The van der Waals surface area contributed by atoms with Crippen LogP contribution in [0.2, 0.25) is 0 Å². The fraction of sp³-hybridized carbons (Fsp3) is 0.625. The van der Waals surface area contributed by atoms with E-state index in [0.717, 1.165) is 16.7 Å². The van der Waals surface area contributed by atoms with Crippen LogP contribution in [0.5, 0.6) is 0 Å². The minimum absolute atomic E-state index is 0.237. The second-order valence-electron chi connectivity index (χ2n) is 3.08. The van der Waals surface area contributed by atoms with Gasteiger partial charge < -0.3 is 9.84 Å². The third-order valence-corrected chi connectivity index (χ3v) is 3.46. The van der Waals surface area contributed by atoms with Crippen molar-refractivity contribution in [1.29, 1.82) is 0 Å². The molecule has 1 fully saturated rings. The van der Waals surface area contributed by atoms with Crippen LogP contribution >= 0.6 is 23.4 Å². The SMILES string of the molecule is CO[C@H]1C(=O)N(C(Cl)C(=O)O)[C@@H]1SC(C)=O. The van der Waals surface area contributed by atoms with Crippen LogP contribution in [-0.4, -0.2) is 51.1 Å². The molecule has 1 unspecified atom stereocenters. The highest BCUT2D eigenvalue weighted by Crippen LogP contribution is 2.35. The van der Waals surface area contributed by atoms with Crippen molar-refractivity contribution in [2.75, 3.05) is 7.11 Å². The molecule has 0 saturated carbocycles. The van der Waals surface area contributed by atoms with Crippen molar-refractivity contribution >= 4 is 40.4 Å². The van der Waals surface area contributed by atoms with Gasteiger partial charge in [-0.3, -0.25) is 14.5 Å². The van der Waals surface area contributed by atoms with Crippen molar-refractivity contribution in [3.8, 4) is 0 Å². The Morgan fingerprint density at radius 2 is 2.19 bits per heavy atom. The van der Waals surface area contributed by atoms with Gasteiger partial charge in [-0.25, -0.2) is 4.79 Å². The molecule has 8 heteroatoms. The normalized spacial score (nSPS) is 26.2. The van der Waals surface area contributed by atoms with Gasteiger partial charge in [-0.15, -0.1) is 0 Å². The summed E-state index contributed by atoms with van der Waals surface area (Å²) in [6.45, 7) is 1.32. The van der Waals surface area contributed by atoms with Gasteiger partial charge in [0.15, 0.2) is 11.2 Å². The number of ether oxygens (including phenoxy) is 1. The van der Waals surface area contributed by atoms with E-state index in [4.69, 9.17) is 21.4 Å². The first-order valence-electron chi connectivity index (χ1n) is 4.29. The minimum atomic E-state index is -1.48. The van der Waals surface area contributed by atoms with Gasteiger partial charge in [0, 0.05) is 14.0 Å². The monoisotopic (exact) mass is 267 g/mol. The highest BCUT2D eigenvalue weighted by Gasteiger charge is 2.53. The number of carbonyl (C=O) groups excluding carboxylic acids is 2. The lowest BCUT2D eigenvalue weighted by Gasteiger charge is -2.45. The summed E-state index contributed by atoms with van der Waals surface area (Å²) < 4.78 is 4.86. The summed E-state index contributed by atoms with van der Waals surface area (Å²) >= 11 is 6.36. The van der Waals surface area contributed by atoms with E-state index < -0.39 is 28.9 Å². The number of likely N-dealkylation sites (tertiary alicyclic amines) is 1. The van der Waals surface area contributed by atoms with E-state index in [-0.39, 0.29) is 5.12 Å². The Morgan fingerprint density at radius 3 is 2.56 bits per heavy atom. The maximum Gasteiger partial charge on any atom is 0.342 e. The summed E-state index contributed by atoms with van der Waals surface area (Å²) in [7, 11) is 1.32. The molecule has 1 heterocycles. The van der Waals surface area contributed by atoms with Gasteiger partial charge in [-0.05, 0) is 0 Å². The summed E-state index contributed by atoms with van der Waals surface area (Å²) in [6, 6.07) is 0. The van der Waals surface area contributed by atoms with Gasteiger partial charge in [-0.1, -0.05) is 23.4 Å². The average Bonchev–Trinajstić information content (AvgIpc) is 2.17. The molecule has 1 aliphatic heterocycles. The Morgan fingerprint density at radius 1 is 1.62 bits per heavy atom. The van der Waals surface area contributed by atoms with E-state index >= 15 is 0 Å². The number of carboxylic acids is 1. The Hall–Kier alpha value is -0.790. The number of amides is 1. The fourth-order valence-corrected chi connectivity index (χ4v) is 2.64. The third-order valence-electron chi connectivity index (χ3n) is 2.02. The minimum Gasteiger partial charge on any atom is -0.479 e. The number of nitrogens with zero attached hydrogens (tertiary/aromatic N) is 1. The molecule has 3 atom stereocenters. The van der Waals surface area contributed by atoms with Crippen molar-refractivity contribution in [2.24, 2.45) is 0 Å². The Kier molecular flexibility index (Phi) is 4.17. The standard InChI is InChI=1S/C8H10ClNO5S/c1-3(11)16-7-4(15-2)6(12)10(7)5(9)8(13)14/h4-5,7H,1-2H3,(H,13,14)/t4-,5?,7+/m0/s1. The molecule has 0 aromatic heterocycles. The van der Waals surface area contributed by atoms with E-state index in [1.165, 1.54) is 14.0 Å². The second kappa shape index (κ2) is 5.03. The first-order valence-corrected chi connectivity index (χ1v) is 5.60. The van der Waals surface area contributed by atoms with Gasteiger partial charge in [0.2, 0.25) is 5.50 Å². The maximum atomic E-state index is 11.5. The van der Waals surface area contributed by atoms with Crippen LogP contribution in [0.25, 0.3) is 0 Å². The molecule has 90 valence electrons. The van der Waals surface area contributed by atoms with Crippen molar-refractivity contribution in [1.82, 2.24) is 4.90 Å². The molecule has 1 rings (SSSR count). The number of aliphatic carboxylic acids is 1. The fourth-order valence-electron chi connectivity index (χ4n) is 1.32. The lowest BCUT2D eigenvalue weighted by molar-refractivity contribution is -0.169. The number of hydrogen-bond acceptors (Lipinski definition) is 5. The van der Waals surface area contributed by atoms with Crippen molar-refractivity contribution < 1.29 is 24.2 Å². The molecule has 1 N–H and O–H groups in total. The first kappa shape index (κ1) is 13.3. The topological polar surface area (TPSA) is 83.9 Å². The van der Waals surface area contributed by atoms with Crippen molar-refractivity contribution in [3.05, 3.63) is 0 Å². The maximum absolute atomic E-state index is 11.5. The van der Waals surface area contributed by atoms with Gasteiger partial charge in [0.05, 0.1) is 0 Å². The number of carboxylic acid groups (broad SMARTS) is 1. The highest BCUT2D eigenvalue weighted by atomic mass is 35.5. The van der Waals surface area contributed by atoms with Crippen LogP contribution in [0.15, 0.2) is 0 Å². The van der Waals surface area contributed by atoms with Crippen LogP contribution in [0, 0.1) is 0 Å². The lowest BCUT2D eigenvalue weighted by Crippen LogP contribution is -2.67. The van der Waals surface area contributed by atoms with Crippen LogP contribution in [0.4, 0.5) is 0 Å². The lowest BCUT2D eigenvalue weighted by atomic mass is 10.1. The summed E-state index contributed by atoms with van der Waals surface area (Å²) in [5, 5.41) is 7.78. The van der Waals surface area contributed by atoms with Crippen LogP contribution < -0.4 is 0 Å². The summed E-state index contributed by atoms with van der Waals surface area (Å²) in [6.07, 6.45) is -0.811. The average molecular weight is 268 g/mol. The highest BCUT2D eigenvalue weighted by molar-refractivity contribution is 8.14.